The zero-order valence-corrected chi connectivity index (χ0v) is 14.2. The van der Waals surface area contributed by atoms with Gasteiger partial charge in [-0.25, -0.2) is 0 Å². The zero-order valence-electron chi connectivity index (χ0n) is 14.2. The lowest BCUT2D eigenvalue weighted by atomic mass is 9.97. The van der Waals surface area contributed by atoms with E-state index in [-0.39, 0.29) is 17.7 Å². The highest BCUT2D eigenvalue weighted by atomic mass is 16.2. The topological polar surface area (TPSA) is 61.4 Å². The Morgan fingerprint density at radius 3 is 2.16 bits per heavy atom. The number of likely N-dealkylation sites (tertiary alicyclic amines) is 1. The molecule has 0 aliphatic carbocycles. The van der Waals surface area contributed by atoms with E-state index in [1.54, 1.807) is 0 Å². The molecule has 2 amide bonds. The van der Waals surface area contributed by atoms with Crippen molar-refractivity contribution in [2.75, 3.05) is 30.3 Å². The molecule has 0 spiro atoms. The Balaban J connectivity index is 1.50. The van der Waals surface area contributed by atoms with E-state index in [1.165, 1.54) is 0 Å². The number of hydrogen-bond acceptors (Lipinski definition) is 3. The summed E-state index contributed by atoms with van der Waals surface area (Å²) in [6, 6.07) is 18.9. The number of piperidine rings is 1. The average Bonchev–Trinajstić information content (AvgIpc) is 2.63. The predicted octanol–water partition coefficient (Wildman–Crippen LogP) is 2.98. The summed E-state index contributed by atoms with van der Waals surface area (Å²) in [5.41, 5.74) is 1.61. The van der Waals surface area contributed by atoms with Crippen molar-refractivity contribution in [3.05, 3.63) is 60.7 Å². The first kappa shape index (κ1) is 17.2. The van der Waals surface area contributed by atoms with Gasteiger partial charge in [-0.15, -0.1) is 0 Å². The van der Waals surface area contributed by atoms with Gasteiger partial charge in [-0.05, 0) is 43.7 Å². The number of nitrogens with zero attached hydrogens (tertiary/aromatic N) is 1. The molecule has 2 aromatic carbocycles. The van der Waals surface area contributed by atoms with Crippen molar-refractivity contribution in [3.63, 3.8) is 0 Å². The van der Waals surface area contributed by atoms with Gasteiger partial charge in [0.25, 0.3) is 0 Å². The highest BCUT2D eigenvalue weighted by Crippen LogP contribution is 2.19. The fourth-order valence-corrected chi connectivity index (χ4v) is 3.10. The predicted molar refractivity (Wildman–Crippen MR) is 99.3 cm³/mol. The molecule has 5 nitrogen and oxygen atoms in total. The van der Waals surface area contributed by atoms with Crippen molar-refractivity contribution in [2.24, 2.45) is 5.92 Å². The Morgan fingerprint density at radius 2 is 1.52 bits per heavy atom. The van der Waals surface area contributed by atoms with E-state index in [9.17, 15) is 9.59 Å². The second-order valence-electron chi connectivity index (χ2n) is 6.34. The molecule has 0 radical (unpaired) electrons. The number of carbonyl (C=O) groups excluding carboxylic acids is 2. The smallest absolute Gasteiger partial charge is 0.238 e. The van der Waals surface area contributed by atoms with Crippen LogP contribution in [0.5, 0.6) is 0 Å². The van der Waals surface area contributed by atoms with Crippen LogP contribution in [0.1, 0.15) is 12.8 Å². The molecule has 0 aromatic heterocycles. The summed E-state index contributed by atoms with van der Waals surface area (Å²) in [5, 5.41) is 5.85. The molecule has 3 rings (SSSR count). The van der Waals surface area contributed by atoms with Gasteiger partial charge >= 0.3 is 0 Å². The minimum Gasteiger partial charge on any atom is -0.326 e. The SMILES string of the molecule is O=C(CN1CCCC(C(=O)Nc2ccccc2)C1)Nc1ccccc1. The van der Waals surface area contributed by atoms with Gasteiger partial charge in [-0.3, -0.25) is 14.5 Å². The Bertz CT molecular complexity index is 703. The van der Waals surface area contributed by atoms with Crippen LogP contribution in [0.15, 0.2) is 60.7 Å². The number of anilines is 2. The normalized spacial score (nSPS) is 17.7. The lowest BCUT2D eigenvalue weighted by Gasteiger charge is -2.31. The van der Waals surface area contributed by atoms with E-state index in [2.05, 4.69) is 15.5 Å². The van der Waals surface area contributed by atoms with E-state index >= 15 is 0 Å². The summed E-state index contributed by atoms with van der Waals surface area (Å²) >= 11 is 0. The summed E-state index contributed by atoms with van der Waals surface area (Å²) in [6.45, 7) is 1.77. The highest BCUT2D eigenvalue weighted by molar-refractivity contribution is 5.93. The highest BCUT2D eigenvalue weighted by Gasteiger charge is 2.26. The Kier molecular flexibility index (Phi) is 5.80. The number of hydrogen-bond donors (Lipinski definition) is 2. The number of benzene rings is 2. The minimum atomic E-state index is -0.0847. The number of carbonyl (C=O) groups is 2. The molecule has 1 fully saturated rings. The molecule has 1 saturated heterocycles. The molecule has 0 bridgehead atoms. The van der Waals surface area contributed by atoms with Gasteiger partial charge in [0.15, 0.2) is 0 Å². The Hall–Kier alpha value is -2.66. The lowest BCUT2D eigenvalue weighted by molar-refractivity contribution is -0.123. The van der Waals surface area contributed by atoms with Crippen LogP contribution >= 0.6 is 0 Å². The van der Waals surface area contributed by atoms with Crippen LogP contribution in [-0.2, 0) is 9.59 Å². The third-order valence-electron chi connectivity index (χ3n) is 4.34. The first-order valence-electron chi connectivity index (χ1n) is 8.64. The fraction of sp³-hybridized carbons (Fsp3) is 0.300. The standard InChI is InChI=1S/C20H23N3O2/c24-19(21-17-9-3-1-4-10-17)15-23-13-7-8-16(14-23)20(25)22-18-11-5-2-6-12-18/h1-6,9-12,16H,7-8,13-15H2,(H,21,24)(H,22,25). The van der Waals surface area contributed by atoms with Crippen LogP contribution in [0.3, 0.4) is 0 Å². The third-order valence-corrected chi connectivity index (χ3v) is 4.34. The number of nitrogens with one attached hydrogen (secondary N) is 2. The van der Waals surface area contributed by atoms with E-state index in [0.717, 1.165) is 30.8 Å². The molecule has 25 heavy (non-hydrogen) atoms. The second kappa shape index (κ2) is 8.44. The monoisotopic (exact) mass is 337 g/mol. The van der Waals surface area contributed by atoms with Crippen LogP contribution in [0.25, 0.3) is 0 Å². The molecule has 130 valence electrons. The molecule has 1 unspecified atom stereocenters. The number of para-hydroxylation sites is 2. The van der Waals surface area contributed by atoms with Crippen molar-refractivity contribution in [1.29, 1.82) is 0 Å². The third kappa shape index (κ3) is 5.16. The van der Waals surface area contributed by atoms with Crippen molar-refractivity contribution in [2.45, 2.75) is 12.8 Å². The molecule has 1 heterocycles. The molecule has 1 aliphatic rings. The van der Waals surface area contributed by atoms with E-state index in [4.69, 9.17) is 0 Å². The second-order valence-corrected chi connectivity index (χ2v) is 6.34. The van der Waals surface area contributed by atoms with Crippen LogP contribution in [0.4, 0.5) is 11.4 Å². The molecule has 2 N–H and O–H groups in total. The van der Waals surface area contributed by atoms with Crippen LogP contribution in [-0.4, -0.2) is 36.3 Å². The first-order valence-corrected chi connectivity index (χ1v) is 8.64. The van der Waals surface area contributed by atoms with Gasteiger partial charge < -0.3 is 10.6 Å². The molecule has 5 heteroatoms. The fourth-order valence-electron chi connectivity index (χ4n) is 3.10. The summed E-state index contributed by atoms with van der Waals surface area (Å²) < 4.78 is 0. The maximum absolute atomic E-state index is 12.5. The average molecular weight is 337 g/mol. The number of amides is 2. The number of rotatable bonds is 5. The largest absolute Gasteiger partial charge is 0.326 e. The van der Waals surface area contributed by atoms with Gasteiger partial charge in [0.05, 0.1) is 12.5 Å². The van der Waals surface area contributed by atoms with Crippen molar-refractivity contribution in [3.8, 4) is 0 Å². The Morgan fingerprint density at radius 1 is 0.920 bits per heavy atom. The van der Waals surface area contributed by atoms with E-state index < -0.39 is 0 Å². The maximum Gasteiger partial charge on any atom is 0.238 e. The van der Waals surface area contributed by atoms with Crippen molar-refractivity contribution < 1.29 is 9.59 Å². The molecule has 0 saturated carbocycles. The minimum absolute atomic E-state index is 0.0272. The molecule has 1 atom stereocenters. The van der Waals surface area contributed by atoms with Gasteiger partial charge in [-0.2, -0.15) is 0 Å². The van der Waals surface area contributed by atoms with Crippen LogP contribution in [0, 0.1) is 5.92 Å². The van der Waals surface area contributed by atoms with E-state index in [1.807, 2.05) is 60.7 Å². The van der Waals surface area contributed by atoms with Gasteiger partial charge in [0.2, 0.25) is 11.8 Å². The molecular formula is C20H23N3O2. The van der Waals surface area contributed by atoms with Crippen LogP contribution < -0.4 is 10.6 Å². The van der Waals surface area contributed by atoms with Crippen LogP contribution in [0.2, 0.25) is 0 Å². The first-order chi connectivity index (χ1) is 12.2. The molecule has 1 aliphatic heterocycles. The van der Waals surface area contributed by atoms with E-state index in [0.29, 0.717) is 13.1 Å². The summed E-state index contributed by atoms with van der Waals surface area (Å²) in [4.78, 5) is 26.7. The Labute approximate surface area is 148 Å². The van der Waals surface area contributed by atoms with Gasteiger partial charge in [0, 0.05) is 17.9 Å². The van der Waals surface area contributed by atoms with Crippen molar-refractivity contribution in [1.82, 2.24) is 4.90 Å². The maximum atomic E-state index is 12.5. The lowest BCUT2D eigenvalue weighted by Crippen LogP contribution is -2.43. The summed E-state index contributed by atoms with van der Waals surface area (Å²) in [7, 11) is 0. The summed E-state index contributed by atoms with van der Waals surface area (Å²) in [5.74, 6) is -0.104. The molecule has 2 aromatic rings. The van der Waals surface area contributed by atoms with Gasteiger partial charge in [0.1, 0.15) is 0 Å². The van der Waals surface area contributed by atoms with Crippen molar-refractivity contribution >= 4 is 23.2 Å². The summed E-state index contributed by atoms with van der Waals surface area (Å²) in [6.07, 6.45) is 1.78. The quantitative estimate of drug-likeness (QED) is 0.882. The van der Waals surface area contributed by atoms with Gasteiger partial charge in [-0.1, -0.05) is 36.4 Å². The molecular weight excluding hydrogens is 314 g/mol. The zero-order chi connectivity index (χ0) is 17.5.